The van der Waals surface area contributed by atoms with Crippen LogP contribution in [0.3, 0.4) is 0 Å². The number of hydrogen-bond acceptors (Lipinski definition) is 2. The maximum Gasteiger partial charge on any atom is 0.133 e. The van der Waals surface area contributed by atoms with Gasteiger partial charge in [0.15, 0.2) is 0 Å². The number of nitrogens with one attached hydrogen (secondary N) is 1. The number of allylic oxidation sites excluding steroid dienone is 1. The van der Waals surface area contributed by atoms with Gasteiger partial charge in [-0.1, -0.05) is 6.08 Å². The summed E-state index contributed by atoms with van der Waals surface area (Å²) in [5.41, 5.74) is 3.75. The van der Waals surface area contributed by atoms with E-state index in [1.807, 2.05) is 0 Å². The first-order valence-corrected chi connectivity index (χ1v) is 4.19. The van der Waals surface area contributed by atoms with Crippen molar-refractivity contribution in [1.29, 1.82) is 0 Å². The zero-order valence-corrected chi connectivity index (χ0v) is 7.30. The number of benzene rings is 1. The highest BCUT2D eigenvalue weighted by Gasteiger charge is 2.08. The molecule has 0 fully saturated rings. The number of halogens is 2. The molecule has 0 aliphatic carbocycles. The van der Waals surface area contributed by atoms with E-state index in [-0.39, 0.29) is 0 Å². The lowest BCUT2D eigenvalue weighted by Crippen LogP contribution is -2.11. The summed E-state index contributed by atoms with van der Waals surface area (Å²) in [7, 11) is 0. The van der Waals surface area contributed by atoms with Crippen LogP contribution in [0.4, 0.5) is 8.78 Å². The van der Waals surface area contributed by atoms with Crippen molar-refractivity contribution in [1.82, 2.24) is 5.43 Å². The second-order valence-electron chi connectivity index (χ2n) is 2.90. The molecule has 1 heterocycles. The summed E-state index contributed by atoms with van der Waals surface area (Å²) in [6.07, 6.45) is 3.31. The van der Waals surface area contributed by atoms with E-state index >= 15 is 0 Å². The highest BCUT2D eigenvalue weighted by molar-refractivity contribution is 6.10. The van der Waals surface area contributed by atoms with Crippen LogP contribution in [0.5, 0.6) is 0 Å². The summed E-state index contributed by atoms with van der Waals surface area (Å²) in [6.45, 7) is 0.558. The molecule has 1 N–H and O–H groups in total. The second kappa shape index (κ2) is 3.57. The topological polar surface area (TPSA) is 24.4 Å². The van der Waals surface area contributed by atoms with Gasteiger partial charge in [-0.25, -0.2) is 8.78 Å². The van der Waals surface area contributed by atoms with Crippen LogP contribution in [0, 0.1) is 11.6 Å². The molecule has 2 nitrogen and oxygen atoms in total. The highest BCUT2D eigenvalue weighted by atomic mass is 19.1. The lowest BCUT2D eigenvalue weighted by atomic mass is 10.1. The molecule has 0 bridgehead atoms. The van der Waals surface area contributed by atoms with Gasteiger partial charge in [-0.2, -0.15) is 5.10 Å². The lowest BCUT2D eigenvalue weighted by molar-refractivity contribution is 0.581. The predicted octanol–water partition coefficient (Wildman–Crippen LogP) is 1.94. The third-order valence-electron chi connectivity index (χ3n) is 1.95. The highest BCUT2D eigenvalue weighted by Crippen LogP contribution is 2.18. The monoisotopic (exact) mass is 194 g/mol. The Morgan fingerprint density at radius 2 is 2.14 bits per heavy atom. The van der Waals surface area contributed by atoms with Crippen molar-refractivity contribution in [3.63, 3.8) is 0 Å². The maximum absolute atomic E-state index is 13.3. The van der Waals surface area contributed by atoms with Crippen LogP contribution in [-0.4, -0.2) is 12.8 Å². The van der Waals surface area contributed by atoms with Crippen LogP contribution in [0.1, 0.15) is 5.56 Å². The van der Waals surface area contributed by atoms with Crippen molar-refractivity contribution in [3.05, 3.63) is 41.5 Å². The Morgan fingerprint density at radius 1 is 1.29 bits per heavy atom. The van der Waals surface area contributed by atoms with Crippen LogP contribution in [0.15, 0.2) is 29.4 Å². The largest absolute Gasteiger partial charge is 0.306 e. The molecule has 1 aliphatic rings. The van der Waals surface area contributed by atoms with Crippen LogP contribution in [0.2, 0.25) is 0 Å². The average molecular weight is 194 g/mol. The molecule has 1 aromatic carbocycles. The zero-order valence-electron chi connectivity index (χ0n) is 7.30. The van der Waals surface area contributed by atoms with Crippen LogP contribution < -0.4 is 5.43 Å². The van der Waals surface area contributed by atoms with Crippen LogP contribution in [0.25, 0.3) is 5.57 Å². The van der Waals surface area contributed by atoms with Gasteiger partial charge in [0.2, 0.25) is 0 Å². The summed E-state index contributed by atoms with van der Waals surface area (Å²) in [5, 5.41) is 3.79. The first kappa shape index (κ1) is 8.87. The van der Waals surface area contributed by atoms with E-state index in [9.17, 15) is 8.78 Å². The molecule has 1 aromatic rings. The molecule has 0 atom stereocenters. The molecule has 0 saturated heterocycles. The minimum absolute atomic E-state index is 0.372. The van der Waals surface area contributed by atoms with Crippen molar-refractivity contribution in [2.75, 3.05) is 6.54 Å². The van der Waals surface area contributed by atoms with Gasteiger partial charge in [0.1, 0.15) is 11.6 Å². The van der Waals surface area contributed by atoms with Gasteiger partial charge >= 0.3 is 0 Å². The lowest BCUT2D eigenvalue weighted by Gasteiger charge is -2.08. The molecule has 2 rings (SSSR count). The minimum Gasteiger partial charge on any atom is -0.306 e. The molecule has 0 aromatic heterocycles. The van der Waals surface area contributed by atoms with Gasteiger partial charge in [0, 0.05) is 17.2 Å². The van der Waals surface area contributed by atoms with E-state index < -0.39 is 11.6 Å². The van der Waals surface area contributed by atoms with Crippen molar-refractivity contribution >= 4 is 11.8 Å². The second-order valence-corrected chi connectivity index (χ2v) is 2.90. The fourth-order valence-corrected chi connectivity index (χ4v) is 1.28. The molecule has 0 amide bonds. The first-order valence-electron chi connectivity index (χ1n) is 4.19. The molecule has 72 valence electrons. The third kappa shape index (κ3) is 1.64. The number of hydrogen-bond donors (Lipinski definition) is 1. The van der Waals surface area contributed by atoms with Crippen LogP contribution >= 0.6 is 0 Å². The Kier molecular flexibility index (Phi) is 2.26. The number of rotatable bonds is 1. The summed E-state index contributed by atoms with van der Waals surface area (Å²) >= 11 is 0. The summed E-state index contributed by atoms with van der Waals surface area (Å²) in [5.74, 6) is -1.14. The van der Waals surface area contributed by atoms with Gasteiger partial charge in [-0.05, 0) is 12.1 Å². The molecule has 0 unspecified atom stereocenters. The van der Waals surface area contributed by atoms with E-state index in [0.717, 1.165) is 6.07 Å². The minimum atomic E-state index is -0.572. The van der Waals surface area contributed by atoms with Crippen molar-refractivity contribution in [2.45, 2.75) is 0 Å². The SMILES string of the molecule is Fc1ccc(C2=CCNN=C2)c(F)c1. The summed E-state index contributed by atoms with van der Waals surface area (Å²) < 4.78 is 25.9. The molecular formula is C10H8F2N2. The maximum atomic E-state index is 13.3. The molecule has 1 aliphatic heterocycles. The smallest absolute Gasteiger partial charge is 0.133 e. The first-order chi connectivity index (χ1) is 6.77. The number of nitrogens with zero attached hydrogens (tertiary/aromatic N) is 1. The van der Waals surface area contributed by atoms with E-state index in [4.69, 9.17) is 0 Å². The molecular weight excluding hydrogens is 186 g/mol. The Hall–Kier alpha value is -1.71. The van der Waals surface area contributed by atoms with E-state index in [2.05, 4.69) is 10.5 Å². The van der Waals surface area contributed by atoms with Gasteiger partial charge in [-0.3, -0.25) is 0 Å². The Morgan fingerprint density at radius 3 is 2.79 bits per heavy atom. The average Bonchev–Trinajstić information content (AvgIpc) is 2.19. The Bertz CT molecular complexity index is 411. The Balaban J connectivity index is 2.41. The summed E-state index contributed by atoms with van der Waals surface area (Å²) in [6, 6.07) is 3.51. The molecule has 0 spiro atoms. The Labute approximate surface area is 79.9 Å². The molecule has 4 heteroatoms. The standard InChI is InChI=1S/C10H8F2N2/c11-8-1-2-9(10(12)5-8)7-3-4-13-14-6-7/h1-3,5-6,13H,4H2. The van der Waals surface area contributed by atoms with Gasteiger partial charge < -0.3 is 5.43 Å². The summed E-state index contributed by atoms with van der Waals surface area (Å²) in [4.78, 5) is 0. The molecule has 14 heavy (non-hydrogen) atoms. The fourth-order valence-electron chi connectivity index (χ4n) is 1.28. The van der Waals surface area contributed by atoms with Crippen molar-refractivity contribution < 1.29 is 8.78 Å². The van der Waals surface area contributed by atoms with Gasteiger partial charge in [-0.15, -0.1) is 0 Å². The predicted molar refractivity (Wildman–Crippen MR) is 50.8 cm³/mol. The zero-order chi connectivity index (χ0) is 9.97. The van der Waals surface area contributed by atoms with Crippen LogP contribution in [-0.2, 0) is 0 Å². The van der Waals surface area contributed by atoms with E-state index in [1.165, 1.54) is 18.3 Å². The quantitative estimate of drug-likeness (QED) is 0.725. The molecule has 0 radical (unpaired) electrons. The fraction of sp³-hybridized carbons (Fsp3) is 0.100. The normalized spacial score (nSPS) is 14.9. The number of hydrazone groups is 1. The molecule has 0 saturated carbocycles. The third-order valence-corrected chi connectivity index (χ3v) is 1.95. The van der Waals surface area contributed by atoms with Gasteiger partial charge in [0.25, 0.3) is 0 Å². The van der Waals surface area contributed by atoms with Crippen molar-refractivity contribution in [2.24, 2.45) is 5.10 Å². The van der Waals surface area contributed by atoms with Crippen molar-refractivity contribution in [3.8, 4) is 0 Å². The van der Waals surface area contributed by atoms with E-state index in [0.29, 0.717) is 17.7 Å². The van der Waals surface area contributed by atoms with Gasteiger partial charge in [0.05, 0.1) is 12.8 Å². The van der Waals surface area contributed by atoms with E-state index in [1.54, 1.807) is 6.08 Å².